The van der Waals surface area contributed by atoms with E-state index in [0.717, 1.165) is 17.7 Å². The number of benzene rings is 1. The molecule has 1 aromatic carbocycles. The Hall–Kier alpha value is -1.50. The molecule has 0 atom stereocenters. The standard InChI is InChI=1S/C11H12F2O4S/c1-7(2)8-3-5-9(6-4-8)18(16,17)11(12,13)10(14)15/h3-7H,1-2H3,(H,14,15). The van der Waals surface area contributed by atoms with Gasteiger partial charge in [0.1, 0.15) is 0 Å². The van der Waals surface area contributed by atoms with Gasteiger partial charge >= 0.3 is 11.2 Å². The van der Waals surface area contributed by atoms with Crippen molar-refractivity contribution < 1.29 is 27.1 Å². The van der Waals surface area contributed by atoms with Crippen molar-refractivity contribution in [3.63, 3.8) is 0 Å². The van der Waals surface area contributed by atoms with Gasteiger partial charge in [-0.2, -0.15) is 8.78 Å². The first-order valence-corrected chi connectivity index (χ1v) is 6.55. The maximum atomic E-state index is 13.1. The fraction of sp³-hybridized carbons (Fsp3) is 0.364. The molecular weight excluding hydrogens is 266 g/mol. The average Bonchev–Trinajstić information content (AvgIpc) is 2.28. The number of carboxylic acid groups (broad SMARTS) is 1. The van der Waals surface area contributed by atoms with Crippen molar-refractivity contribution in [1.29, 1.82) is 0 Å². The zero-order valence-corrected chi connectivity index (χ0v) is 10.5. The van der Waals surface area contributed by atoms with Crippen LogP contribution >= 0.6 is 0 Å². The normalized spacial score (nSPS) is 12.7. The van der Waals surface area contributed by atoms with E-state index >= 15 is 0 Å². The van der Waals surface area contributed by atoms with Gasteiger partial charge in [0.25, 0.3) is 9.84 Å². The summed E-state index contributed by atoms with van der Waals surface area (Å²) < 4.78 is 49.1. The summed E-state index contributed by atoms with van der Waals surface area (Å²) in [5.41, 5.74) is 0.771. The zero-order chi connectivity index (χ0) is 14.1. The van der Waals surface area contributed by atoms with Gasteiger partial charge in [0.15, 0.2) is 0 Å². The van der Waals surface area contributed by atoms with Crippen molar-refractivity contribution in [3.8, 4) is 0 Å². The van der Waals surface area contributed by atoms with Gasteiger partial charge in [-0.15, -0.1) is 0 Å². The molecule has 1 N–H and O–H groups in total. The number of aliphatic carboxylic acids is 1. The predicted molar refractivity (Wildman–Crippen MR) is 60.3 cm³/mol. The van der Waals surface area contributed by atoms with Crippen LogP contribution in [0.3, 0.4) is 0 Å². The lowest BCUT2D eigenvalue weighted by atomic mass is 10.0. The summed E-state index contributed by atoms with van der Waals surface area (Å²) in [6, 6.07) is 4.74. The monoisotopic (exact) mass is 278 g/mol. The number of rotatable bonds is 4. The molecule has 1 aromatic rings. The average molecular weight is 278 g/mol. The van der Waals surface area contributed by atoms with E-state index in [-0.39, 0.29) is 5.92 Å². The Balaban J connectivity index is 3.26. The molecular formula is C11H12F2O4S. The van der Waals surface area contributed by atoms with Crippen LogP contribution in [0.15, 0.2) is 29.2 Å². The van der Waals surface area contributed by atoms with Crippen molar-refractivity contribution in [2.45, 2.75) is 29.9 Å². The summed E-state index contributed by atoms with van der Waals surface area (Å²) >= 11 is 0. The molecule has 7 heteroatoms. The van der Waals surface area contributed by atoms with Crippen molar-refractivity contribution in [2.75, 3.05) is 0 Å². The predicted octanol–water partition coefficient (Wildman–Crippen LogP) is 2.26. The second-order valence-corrected chi connectivity index (χ2v) is 6.04. The molecule has 0 unspecified atom stereocenters. The third-order valence-electron chi connectivity index (χ3n) is 2.44. The van der Waals surface area contributed by atoms with Crippen molar-refractivity contribution in [1.82, 2.24) is 0 Å². The highest BCUT2D eigenvalue weighted by molar-refractivity contribution is 7.93. The molecule has 1 rings (SSSR count). The topological polar surface area (TPSA) is 71.4 Å². The smallest absolute Gasteiger partial charge is 0.444 e. The molecule has 100 valence electrons. The molecule has 0 bridgehead atoms. The van der Waals surface area contributed by atoms with Crippen LogP contribution in [0, 0.1) is 0 Å². The lowest BCUT2D eigenvalue weighted by Crippen LogP contribution is -2.37. The van der Waals surface area contributed by atoms with E-state index in [1.54, 1.807) is 0 Å². The fourth-order valence-electron chi connectivity index (χ4n) is 1.29. The van der Waals surface area contributed by atoms with E-state index in [2.05, 4.69) is 0 Å². The van der Waals surface area contributed by atoms with E-state index in [4.69, 9.17) is 5.11 Å². The Labute approximate surface area is 103 Å². The van der Waals surface area contributed by atoms with Gasteiger partial charge < -0.3 is 5.11 Å². The zero-order valence-electron chi connectivity index (χ0n) is 9.72. The largest absolute Gasteiger partial charge is 0.476 e. The Bertz CT molecular complexity index is 547. The summed E-state index contributed by atoms with van der Waals surface area (Å²) in [5, 5.41) is 3.42. The van der Waals surface area contributed by atoms with Crippen LogP contribution in [0.5, 0.6) is 0 Å². The number of sulfone groups is 1. The van der Waals surface area contributed by atoms with Gasteiger partial charge in [-0.05, 0) is 23.6 Å². The molecule has 0 aliphatic rings. The first-order chi connectivity index (χ1) is 8.10. The van der Waals surface area contributed by atoms with Crippen molar-refractivity contribution in [2.24, 2.45) is 0 Å². The maximum Gasteiger partial charge on any atom is 0.444 e. The molecule has 18 heavy (non-hydrogen) atoms. The molecule has 0 aromatic heterocycles. The van der Waals surface area contributed by atoms with Gasteiger partial charge in [0, 0.05) is 0 Å². The SMILES string of the molecule is CC(C)c1ccc(S(=O)(=O)C(F)(F)C(=O)O)cc1. The third-order valence-corrected chi connectivity index (χ3v) is 4.19. The van der Waals surface area contributed by atoms with Crippen LogP contribution in [-0.4, -0.2) is 24.7 Å². The van der Waals surface area contributed by atoms with Gasteiger partial charge in [0.2, 0.25) is 0 Å². The lowest BCUT2D eigenvalue weighted by Gasteiger charge is -2.13. The van der Waals surface area contributed by atoms with Gasteiger partial charge in [-0.3, -0.25) is 0 Å². The van der Waals surface area contributed by atoms with E-state index in [1.807, 2.05) is 13.8 Å². The van der Waals surface area contributed by atoms with Gasteiger partial charge in [-0.1, -0.05) is 26.0 Å². The quantitative estimate of drug-likeness (QED) is 0.917. The number of halogens is 2. The molecule has 0 saturated carbocycles. The molecule has 0 saturated heterocycles. The second-order valence-electron chi connectivity index (χ2n) is 4.05. The van der Waals surface area contributed by atoms with Crippen LogP contribution in [0.25, 0.3) is 0 Å². The van der Waals surface area contributed by atoms with E-state index in [0.29, 0.717) is 0 Å². The number of hydrogen-bond donors (Lipinski definition) is 1. The second kappa shape index (κ2) is 4.64. The van der Waals surface area contributed by atoms with Crippen LogP contribution in [0.2, 0.25) is 0 Å². The Kier molecular flexibility index (Phi) is 3.75. The molecule has 0 heterocycles. The molecule has 0 radical (unpaired) electrons. The van der Waals surface area contributed by atoms with Gasteiger partial charge in [0.05, 0.1) is 4.90 Å². The van der Waals surface area contributed by atoms with E-state index in [1.165, 1.54) is 12.1 Å². The molecule has 0 aliphatic carbocycles. The van der Waals surface area contributed by atoms with Crippen molar-refractivity contribution in [3.05, 3.63) is 29.8 Å². The summed E-state index contributed by atoms with van der Waals surface area (Å²) in [6.45, 7) is 3.71. The molecule has 0 spiro atoms. The minimum absolute atomic E-state index is 0.113. The minimum atomic E-state index is -5.21. The Morgan fingerprint density at radius 2 is 1.67 bits per heavy atom. The first-order valence-electron chi connectivity index (χ1n) is 5.06. The van der Waals surface area contributed by atoms with Crippen LogP contribution in [0.4, 0.5) is 8.78 Å². The first kappa shape index (κ1) is 14.6. The summed E-state index contributed by atoms with van der Waals surface area (Å²) in [5.74, 6) is -2.57. The number of carboxylic acids is 1. The lowest BCUT2D eigenvalue weighted by molar-refractivity contribution is -0.153. The fourth-order valence-corrected chi connectivity index (χ4v) is 2.32. The third kappa shape index (κ3) is 2.35. The maximum absolute atomic E-state index is 13.1. The Morgan fingerprint density at radius 1 is 1.22 bits per heavy atom. The highest BCUT2D eigenvalue weighted by atomic mass is 32.2. The van der Waals surface area contributed by atoms with E-state index in [9.17, 15) is 22.0 Å². The van der Waals surface area contributed by atoms with E-state index < -0.39 is 26.0 Å². The van der Waals surface area contributed by atoms with Crippen LogP contribution < -0.4 is 0 Å². The number of carbonyl (C=O) groups is 1. The van der Waals surface area contributed by atoms with Crippen LogP contribution in [-0.2, 0) is 14.6 Å². The Morgan fingerprint density at radius 3 is 2.00 bits per heavy atom. The van der Waals surface area contributed by atoms with Crippen molar-refractivity contribution >= 4 is 15.8 Å². The van der Waals surface area contributed by atoms with Gasteiger partial charge in [-0.25, -0.2) is 13.2 Å². The number of hydrogen-bond acceptors (Lipinski definition) is 3. The molecule has 0 aliphatic heterocycles. The summed E-state index contributed by atoms with van der Waals surface area (Å²) in [4.78, 5) is 9.58. The minimum Gasteiger partial charge on any atom is -0.476 e. The molecule has 0 fully saturated rings. The summed E-state index contributed by atoms with van der Waals surface area (Å²) in [7, 11) is -5.21. The number of alkyl halides is 2. The molecule has 0 amide bonds. The highest BCUT2D eigenvalue weighted by Gasteiger charge is 2.53. The summed E-state index contributed by atoms with van der Waals surface area (Å²) in [6.07, 6.45) is 0. The molecule has 4 nitrogen and oxygen atoms in total. The highest BCUT2D eigenvalue weighted by Crippen LogP contribution is 2.30. The van der Waals surface area contributed by atoms with Crippen LogP contribution in [0.1, 0.15) is 25.3 Å².